The van der Waals surface area contributed by atoms with Crippen LogP contribution in [0.4, 0.5) is 0 Å². The molecule has 0 radical (unpaired) electrons. The third-order valence-electron chi connectivity index (χ3n) is 2.76. The lowest BCUT2D eigenvalue weighted by Gasteiger charge is -2.14. The van der Waals surface area contributed by atoms with Crippen LogP contribution in [0.1, 0.15) is 31.4 Å². The van der Waals surface area contributed by atoms with Crippen molar-refractivity contribution in [3.8, 4) is 11.8 Å². The molecule has 1 atom stereocenters. The first-order chi connectivity index (χ1) is 8.77. The van der Waals surface area contributed by atoms with Gasteiger partial charge in [0.25, 0.3) is 0 Å². The number of ether oxygens (including phenoxy) is 1. The first kappa shape index (κ1) is 14.5. The van der Waals surface area contributed by atoms with Gasteiger partial charge in [-0.1, -0.05) is 12.1 Å². The molecule has 18 heavy (non-hydrogen) atoms. The molecule has 0 saturated carbocycles. The van der Waals surface area contributed by atoms with E-state index in [0.29, 0.717) is 6.04 Å². The van der Waals surface area contributed by atoms with Gasteiger partial charge in [-0.3, -0.25) is 0 Å². The van der Waals surface area contributed by atoms with Crippen LogP contribution in [0.25, 0.3) is 0 Å². The first-order valence-electron chi connectivity index (χ1n) is 6.31. The van der Waals surface area contributed by atoms with Crippen LogP contribution in [-0.2, 0) is 0 Å². The molecule has 1 unspecified atom stereocenters. The van der Waals surface area contributed by atoms with E-state index in [9.17, 15) is 0 Å². The number of rotatable bonds is 8. The Bertz CT molecular complexity index is 370. The molecule has 98 valence electrons. The number of nitriles is 1. The average Bonchev–Trinajstić information content (AvgIpc) is 2.41. The van der Waals surface area contributed by atoms with E-state index in [1.807, 2.05) is 30.3 Å². The lowest BCUT2D eigenvalue weighted by molar-refractivity contribution is 0.368. The van der Waals surface area contributed by atoms with E-state index in [1.165, 1.54) is 5.56 Å². The van der Waals surface area contributed by atoms with Crippen LogP contribution in [0.15, 0.2) is 24.3 Å². The van der Waals surface area contributed by atoms with Crippen molar-refractivity contribution in [1.82, 2.24) is 5.32 Å². The second-order valence-corrected chi connectivity index (χ2v) is 4.19. The van der Waals surface area contributed by atoms with E-state index in [2.05, 4.69) is 12.2 Å². The van der Waals surface area contributed by atoms with Gasteiger partial charge in [0, 0.05) is 6.04 Å². The molecule has 0 aliphatic rings. The lowest BCUT2D eigenvalue weighted by Crippen LogP contribution is -2.20. The molecule has 0 fully saturated rings. The number of unbranched alkanes of at least 4 members (excludes halogenated alkanes) is 1. The Kier molecular flexibility index (Phi) is 6.85. The quantitative estimate of drug-likeness (QED) is 0.689. The van der Waals surface area contributed by atoms with Crippen LogP contribution in [0.3, 0.4) is 0 Å². The third kappa shape index (κ3) is 5.17. The molecule has 0 aliphatic heterocycles. The maximum absolute atomic E-state index is 8.42. The highest BCUT2D eigenvalue weighted by Gasteiger charge is 2.04. The molecule has 4 heteroatoms. The number of nitrogens with two attached hydrogens (primary N) is 1. The average molecular weight is 247 g/mol. The van der Waals surface area contributed by atoms with Gasteiger partial charge < -0.3 is 15.8 Å². The molecule has 0 spiro atoms. The summed E-state index contributed by atoms with van der Waals surface area (Å²) in [6, 6.07) is 10.1. The van der Waals surface area contributed by atoms with E-state index in [4.69, 9.17) is 15.7 Å². The Morgan fingerprint density at radius 1 is 1.33 bits per heavy atom. The normalized spacial score (nSPS) is 11.8. The zero-order valence-corrected chi connectivity index (χ0v) is 10.9. The van der Waals surface area contributed by atoms with Crippen molar-refractivity contribution in [2.75, 3.05) is 19.7 Å². The summed E-state index contributed by atoms with van der Waals surface area (Å²) in [5.41, 5.74) is 6.66. The van der Waals surface area contributed by atoms with Crippen molar-refractivity contribution < 1.29 is 4.74 Å². The highest BCUT2D eigenvalue weighted by Crippen LogP contribution is 2.17. The van der Waals surface area contributed by atoms with Crippen LogP contribution in [0.5, 0.6) is 5.75 Å². The lowest BCUT2D eigenvalue weighted by atomic mass is 10.1. The van der Waals surface area contributed by atoms with Gasteiger partial charge in [-0.25, -0.2) is 0 Å². The fourth-order valence-electron chi connectivity index (χ4n) is 1.67. The smallest absolute Gasteiger partial charge is 0.174 e. The van der Waals surface area contributed by atoms with E-state index in [0.717, 1.165) is 31.7 Å². The molecule has 0 bridgehead atoms. The molecule has 0 heterocycles. The SMILES string of the molecule is CC(NCCCCN)c1ccc(OCC#N)cc1. The molecular weight excluding hydrogens is 226 g/mol. The molecule has 0 amide bonds. The third-order valence-corrected chi connectivity index (χ3v) is 2.76. The van der Waals surface area contributed by atoms with Gasteiger partial charge in [-0.2, -0.15) is 5.26 Å². The van der Waals surface area contributed by atoms with Gasteiger partial charge in [0.2, 0.25) is 0 Å². The topological polar surface area (TPSA) is 71.1 Å². The van der Waals surface area contributed by atoms with E-state index < -0.39 is 0 Å². The molecule has 1 rings (SSSR count). The summed E-state index contributed by atoms with van der Waals surface area (Å²) in [5, 5.41) is 11.9. The van der Waals surface area contributed by atoms with Crippen molar-refractivity contribution in [1.29, 1.82) is 5.26 Å². The Morgan fingerprint density at radius 3 is 2.67 bits per heavy atom. The molecular formula is C14H21N3O. The summed E-state index contributed by atoms with van der Waals surface area (Å²) in [4.78, 5) is 0. The minimum atomic E-state index is 0.0895. The Balaban J connectivity index is 2.39. The zero-order valence-electron chi connectivity index (χ0n) is 10.9. The summed E-state index contributed by atoms with van der Waals surface area (Å²) >= 11 is 0. The predicted molar refractivity (Wildman–Crippen MR) is 72.3 cm³/mol. The zero-order chi connectivity index (χ0) is 13.2. The molecule has 1 aromatic rings. The van der Waals surface area contributed by atoms with Gasteiger partial charge in [-0.05, 0) is 50.6 Å². The van der Waals surface area contributed by atoms with Crippen molar-refractivity contribution in [2.45, 2.75) is 25.8 Å². The van der Waals surface area contributed by atoms with E-state index >= 15 is 0 Å². The fourth-order valence-corrected chi connectivity index (χ4v) is 1.67. The number of nitrogens with one attached hydrogen (secondary N) is 1. The van der Waals surface area contributed by atoms with Crippen LogP contribution >= 0.6 is 0 Å². The van der Waals surface area contributed by atoms with Crippen LogP contribution in [0.2, 0.25) is 0 Å². The Morgan fingerprint density at radius 2 is 2.06 bits per heavy atom. The Hall–Kier alpha value is -1.57. The van der Waals surface area contributed by atoms with Gasteiger partial charge in [0.15, 0.2) is 6.61 Å². The molecule has 0 aromatic heterocycles. The molecule has 3 N–H and O–H groups in total. The van der Waals surface area contributed by atoms with Crippen molar-refractivity contribution in [3.63, 3.8) is 0 Å². The number of benzene rings is 1. The first-order valence-corrected chi connectivity index (χ1v) is 6.31. The van der Waals surface area contributed by atoms with E-state index in [1.54, 1.807) is 0 Å². The number of hydrogen-bond acceptors (Lipinski definition) is 4. The van der Waals surface area contributed by atoms with Crippen molar-refractivity contribution >= 4 is 0 Å². The molecule has 4 nitrogen and oxygen atoms in total. The minimum Gasteiger partial charge on any atom is -0.479 e. The number of hydrogen-bond donors (Lipinski definition) is 2. The highest BCUT2D eigenvalue weighted by molar-refractivity contribution is 5.29. The second-order valence-electron chi connectivity index (χ2n) is 4.19. The highest BCUT2D eigenvalue weighted by atomic mass is 16.5. The largest absolute Gasteiger partial charge is 0.479 e. The summed E-state index contributed by atoms with van der Waals surface area (Å²) in [6.07, 6.45) is 2.16. The maximum Gasteiger partial charge on any atom is 0.174 e. The standard InChI is InChI=1S/C14H21N3O/c1-12(17-10-3-2-8-15)13-4-6-14(7-5-13)18-11-9-16/h4-7,12,17H,2-3,8,10-11,15H2,1H3. The van der Waals surface area contributed by atoms with Gasteiger partial charge in [0.05, 0.1) is 0 Å². The number of nitrogens with zero attached hydrogens (tertiary/aromatic N) is 1. The minimum absolute atomic E-state index is 0.0895. The van der Waals surface area contributed by atoms with Gasteiger partial charge in [-0.15, -0.1) is 0 Å². The Labute approximate surface area is 109 Å². The fraction of sp³-hybridized carbons (Fsp3) is 0.500. The van der Waals surface area contributed by atoms with Crippen molar-refractivity contribution in [3.05, 3.63) is 29.8 Å². The molecule has 0 saturated heterocycles. The molecule has 1 aromatic carbocycles. The predicted octanol–water partition coefficient (Wildman–Crippen LogP) is 1.98. The van der Waals surface area contributed by atoms with E-state index in [-0.39, 0.29) is 6.61 Å². The van der Waals surface area contributed by atoms with Crippen molar-refractivity contribution in [2.24, 2.45) is 5.73 Å². The summed E-state index contributed by atoms with van der Waals surface area (Å²) in [5.74, 6) is 0.732. The summed E-state index contributed by atoms with van der Waals surface area (Å²) in [7, 11) is 0. The summed E-state index contributed by atoms with van der Waals surface area (Å²) < 4.78 is 5.21. The van der Waals surface area contributed by atoms with Crippen LogP contribution < -0.4 is 15.8 Å². The monoisotopic (exact) mass is 247 g/mol. The van der Waals surface area contributed by atoms with Gasteiger partial charge in [0.1, 0.15) is 11.8 Å². The van der Waals surface area contributed by atoms with Crippen LogP contribution in [-0.4, -0.2) is 19.7 Å². The second kappa shape index (κ2) is 8.51. The summed E-state index contributed by atoms with van der Waals surface area (Å²) in [6.45, 7) is 3.95. The van der Waals surface area contributed by atoms with Crippen LogP contribution in [0, 0.1) is 11.3 Å². The molecule has 0 aliphatic carbocycles. The van der Waals surface area contributed by atoms with Gasteiger partial charge >= 0.3 is 0 Å². The maximum atomic E-state index is 8.42.